The van der Waals surface area contributed by atoms with Gasteiger partial charge in [-0.1, -0.05) is 5.16 Å². The van der Waals surface area contributed by atoms with E-state index in [0.29, 0.717) is 9.14 Å². The molecule has 0 aliphatic heterocycles. The van der Waals surface area contributed by atoms with Gasteiger partial charge in [-0.05, 0) is 50.1 Å². The van der Waals surface area contributed by atoms with Gasteiger partial charge in [-0.2, -0.15) is 0 Å². The molecule has 0 amide bonds. The number of rotatable bonds is 1. The molecule has 15 heavy (non-hydrogen) atoms. The van der Waals surface area contributed by atoms with Crippen LogP contribution in [0.15, 0.2) is 31.9 Å². The van der Waals surface area contributed by atoms with Gasteiger partial charge in [0.2, 0.25) is 4.67 Å². The van der Waals surface area contributed by atoms with E-state index in [1.807, 2.05) is 0 Å². The van der Waals surface area contributed by atoms with E-state index in [1.165, 1.54) is 0 Å². The molecule has 6 heteroatoms. The second-order valence-corrected chi connectivity index (χ2v) is 4.26. The van der Waals surface area contributed by atoms with Gasteiger partial charge in [-0.3, -0.25) is 0 Å². The quantitative estimate of drug-likeness (QED) is 0.780. The molecule has 2 nitrogen and oxygen atoms in total. The van der Waals surface area contributed by atoms with Crippen LogP contribution in [0.1, 0.15) is 0 Å². The van der Waals surface area contributed by atoms with Crippen LogP contribution < -0.4 is 0 Å². The molecular formula is C9H3Br2F2NO. The zero-order chi connectivity index (χ0) is 11.0. The molecule has 0 aliphatic rings. The van der Waals surface area contributed by atoms with E-state index >= 15 is 0 Å². The number of nitrogens with zero attached hydrogens (tertiary/aromatic N) is 1. The van der Waals surface area contributed by atoms with Crippen molar-refractivity contribution in [3.63, 3.8) is 0 Å². The van der Waals surface area contributed by atoms with Crippen molar-refractivity contribution in [3.05, 3.63) is 39.0 Å². The Morgan fingerprint density at radius 1 is 1.20 bits per heavy atom. The molecule has 0 saturated heterocycles. The predicted octanol–water partition coefficient (Wildman–Crippen LogP) is 4.14. The van der Waals surface area contributed by atoms with E-state index in [9.17, 15) is 8.78 Å². The largest absolute Gasteiger partial charge is 0.347 e. The Morgan fingerprint density at radius 2 is 1.93 bits per heavy atom. The second kappa shape index (κ2) is 4.02. The SMILES string of the molecule is Fc1ccc(F)c(-c2noc(Br)c2Br)c1. The minimum absolute atomic E-state index is 0.0522. The molecule has 0 saturated carbocycles. The Morgan fingerprint density at radius 3 is 2.53 bits per heavy atom. The summed E-state index contributed by atoms with van der Waals surface area (Å²) in [5, 5.41) is 3.61. The molecule has 0 radical (unpaired) electrons. The van der Waals surface area contributed by atoms with Crippen molar-refractivity contribution < 1.29 is 13.3 Å². The maximum Gasteiger partial charge on any atom is 0.216 e. The Bertz CT molecular complexity index is 513. The van der Waals surface area contributed by atoms with Crippen molar-refractivity contribution in [2.45, 2.75) is 0 Å². The summed E-state index contributed by atoms with van der Waals surface area (Å²) in [7, 11) is 0. The van der Waals surface area contributed by atoms with Gasteiger partial charge in [0.25, 0.3) is 0 Å². The number of aromatic nitrogens is 1. The minimum atomic E-state index is -0.557. The van der Waals surface area contributed by atoms with Crippen LogP contribution in [0.2, 0.25) is 0 Å². The molecule has 0 bridgehead atoms. The summed E-state index contributed by atoms with van der Waals surface area (Å²) in [4.78, 5) is 0. The summed E-state index contributed by atoms with van der Waals surface area (Å²) in [6.45, 7) is 0. The van der Waals surface area contributed by atoms with Gasteiger partial charge < -0.3 is 4.52 Å². The molecule has 0 fully saturated rings. The maximum absolute atomic E-state index is 13.4. The molecule has 1 aromatic carbocycles. The first-order valence-corrected chi connectivity index (χ1v) is 5.44. The molecule has 1 heterocycles. The number of benzene rings is 1. The smallest absolute Gasteiger partial charge is 0.216 e. The van der Waals surface area contributed by atoms with Crippen LogP contribution in [-0.2, 0) is 0 Å². The fourth-order valence-corrected chi connectivity index (χ4v) is 1.72. The van der Waals surface area contributed by atoms with E-state index in [1.54, 1.807) is 0 Å². The highest BCUT2D eigenvalue weighted by Gasteiger charge is 2.17. The van der Waals surface area contributed by atoms with Crippen LogP contribution in [0.5, 0.6) is 0 Å². The summed E-state index contributed by atoms with van der Waals surface area (Å²) in [6.07, 6.45) is 0. The maximum atomic E-state index is 13.4. The molecule has 0 unspecified atom stereocenters. The Labute approximate surface area is 101 Å². The lowest BCUT2D eigenvalue weighted by Gasteiger charge is -1.98. The highest BCUT2D eigenvalue weighted by molar-refractivity contribution is 9.13. The average molecular weight is 339 g/mol. The number of hydrogen-bond donors (Lipinski definition) is 0. The second-order valence-electron chi connectivity index (χ2n) is 2.74. The monoisotopic (exact) mass is 337 g/mol. The van der Waals surface area contributed by atoms with Gasteiger partial charge in [0.05, 0.1) is 0 Å². The van der Waals surface area contributed by atoms with Crippen LogP contribution in [0, 0.1) is 11.6 Å². The molecule has 0 spiro atoms. The van der Waals surface area contributed by atoms with Gasteiger partial charge in [0, 0.05) is 5.56 Å². The van der Waals surface area contributed by atoms with Gasteiger partial charge in [-0.15, -0.1) is 0 Å². The van der Waals surface area contributed by atoms with E-state index in [2.05, 4.69) is 37.0 Å². The minimum Gasteiger partial charge on any atom is -0.347 e. The standard InChI is InChI=1S/C9H3Br2F2NO/c10-7-8(14-15-9(7)11)5-3-4(12)1-2-6(5)13/h1-3H. The summed E-state index contributed by atoms with van der Waals surface area (Å²) < 4.78 is 31.8. The summed E-state index contributed by atoms with van der Waals surface area (Å²) in [6, 6.07) is 3.14. The van der Waals surface area contributed by atoms with Crippen molar-refractivity contribution in [3.8, 4) is 11.3 Å². The van der Waals surface area contributed by atoms with Crippen LogP contribution in [0.4, 0.5) is 8.78 Å². The van der Waals surface area contributed by atoms with Gasteiger partial charge in [0.15, 0.2) is 0 Å². The normalized spacial score (nSPS) is 10.7. The Hall–Kier alpha value is -0.750. The lowest BCUT2D eigenvalue weighted by molar-refractivity contribution is 0.401. The third-order valence-electron chi connectivity index (χ3n) is 1.78. The van der Waals surface area contributed by atoms with Crippen molar-refractivity contribution in [2.24, 2.45) is 0 Å². The molecule has 0 atom stereocenters. The van der Waals surface area contributed by atoms with Crippen LogP contribution >= 0.6 is 31.9 Å². The number of hydrogen-bond acceptors (Lipinski definition) is 2. The third-order valence-corrected chi connectivity index (χ3v) is 3.59. The van der Waals surface area contributed by atoms with Crippen LogP contribution in [0.3, 0.4) is 0 Å². The van der Waals surface area contributed by atoms with Crippen LogP contribution in [-0.4, -0.2) is 5.16 Å². The van der Waals surface area contributed by atoms with E-state index < -0.39 is 11.6 Å². The van der Waals surface area contributed by atoms with Gasteiger partial charge in [0.1, 0.15) is 21.8 Å². The Kier molecular flexibility index (Phi) is 2.88. The van der Waals surface area contributed by atoms with Crippen molar-refractivity contribution in [1.29, 1.82) is 0 Å². The molecule has 0 aliphatic carbocycles. The first kappa shape index (κ1) is 10.8. The lowest BCUT2D eigenvalue weighted by atomic mass is 10.1. The predicted molar refractivity (Wildman–Crippen MR) is 57.3 cm³/mol. The fraction of sp³-hybridized carbons (Fsp3) is 0. The fourth-order valence-electron chi connectivity index (χ4n) is 1.11. The first-order chi connectivity index (χ1) is 7.09. The zero-order valence-corrected chi connectivity index (χ0v) is 10.3. The van der Waals surface area contributed by atoms with Crippen LogP contribution in [0.25, 0.3) is 11.3 Å². The highest BCUT2D eigenvalue weighted by atomic mass is 79.9. The summed E-state index contributed by atoms with van der Waals surface area (Å²) in [5.41, 5.74) is 0.273. The van der Waals surface area contributed by atoms with Crippen molar-refractivity contribution in [1.82, 2.24) is 5.16 Å². The topological polar surface area (TPSA) is 26.0 Å². The first-order valence-electron chi connectivity index (χ1n) is 3.85. The van der Waals surface area contributed by atoms with E-state index in [4.69, 9.17) is 4.52 Å². The zero-order valence-electron chi connectivity index (χ0n) is 7.10. The molecule has 0 N–H and O–H groups in total. The summed E-state index contributed by atoms with van der Waals surface area (Å²) in [5.74, 6) is -1.09. The van der Waals surface area contributed by atoms with E-state index in [0.717, 1.165) is 18.2 Å². The average Bonchev–Trinajstić information content (AvgIpc) is 2.52. The van der Waals surface area contributed by atoms with E-state index in [-0.39, 0.29) is 11.3 Å². The lowest BCUT2D eigenvalue weighted by Crippen LogP contribution is -1.86. The van der Waals surface area contributed by atoms with Gasteiger partial charge in [-0.25, -0.2) is 8.78 Å². The molecule has 2 rings (SSSR count). The van der Waals surface area contributed by atoms with Gasteiger partial charge >= 0.3 is 0 Å². The highest BCUT2D eigenvalue weighted by Crippen LogP contribution is 2.34. The molecule has 2 aromatic rings. The summed E-state index contributed by atoms with van der Waals surface area (Å²) >= 11 is 6.22. The molecular weight excluding hydrogens is 336 g/mol. The molecule has 1 aromatic heterocycles. The third kappa shape index (κ3) is 1.96. The Balaban J connectivity index is 2.63. The molecule has 78 valence electrons. The number of halogens is 4. The van der Waals surface area contributed by atoms with Crippen molar-refractivity contribution >= 4 is 31.9 Å². The van der Waals surface area contributed by atoms with Crippen molar-refractivity contribution in [2.75, 3.05) is 0 Å².